The molecule has 1 rings (SSSR count). The minimum Gasteiger partial charge on any atom is -0.481 e. The van der Waals surface area contributed by atoms with Gasteiger partial charge in [-0.05, 0) is 18.9 Å². The van der Waals surface area contributed by atoms with E-state index in [0.717, 1.165) is 19.3 Å². The topological polar surface area (TPSA) is 92.5 Å². The maximum Gasteiger partial charge on any atom is 0.303 e. The predicted molar refractivity (Wildman–Crippen MR) is 72.3 cm³/mol. The molecular weight excluding hydrogens is 248 g/mol. The molecule has 0 bridgehead atoms. The van der Waals surface area contributed by atoms with Gasteiger partial charge >= 0.3 is 5.97 Å². The normalized spacial score (nSPS) is 10.1. The summed E-state index contributed by atoms with van der Waals surface area (Å²) in [6.07, 6.45) is 3.54. The third-order valence-electron chi connectivity index (χ3n) is 2.73. The first-order valence-corrected chi connectivity index (χ1v) is 6.30. The maximum atomic E-state index is 10.8. The average Bonchev–Trinajstić information content (AvgIpc) is 2.37. The van der Waals surface area contributed by atoms with Crippen LogP contribution in [0.1, 0.15) is 32.1 Å². The highest BCUT2D eigenvalue weighted by atomic mass is 16.6. The third-order valence-corrected chi connectivity index (χ3v) is 2.73. The number of para-hydroxylation sites is 2. The highest BCUT2D eigenvalue weighted by Crippen LogP contribution is 2.23. The largest absolute Gasteiger partial charge is 0.481 e. The van der Waals surface area contributed by atoms with Crippen LogP contribution >= 0.6 is 0 Å². The number of rotatable bonds is 9. The SMILES string of the molecule is O=C(O)CCCCCCNc1ccccc1[N+](=O)[O-]. The van der Waals surface area contributed by atoms with Crippen molar-refractivity contribution in [1.29, 1.82) is 0 Å². The molecule has 19 heavy (non-hydrogen) atoms. The first-order chi connectivity index (χ1) is 9.11. The number of aliphatic carboxylic acids is 1. The summed E-state index contributed by atoms with van der Waals surface area (Å²) in [5.41, 5.74) is 0.603. The standard InChI is InChI=1S/C13H18N2O4/c16-13(17)9-3-1-2-6-10-14-11-7-4-5-8-12(11)15(18)19/h4-5,7-8,14H,1-3,6,9-10H2,(H,16,17). The van der Waals surface area contributed by atoms with E-state index < -0.39 is 10.9 Å². The van der Waals surface area contributed by atoms with Crippen LogP contribution in [0.3, 0.4) is 0 Å². The summed E-state index contributed by atoms with van der Waals surface area (Å²) in [5.74, 6) is -0.766. The van der Waals surface area contributed by atoms with Crippen molar-refractivity contribution in [1.82, 2.24) is 0 Å². The Labute approximate surface area is 111 Å². The molecule has 6 nitrogen and oxygen atoms in total. The number of anilines is 1. The molecule has 0 atom stereocenters. The third kappa shape index (κ3) is 5.85. The van der Waals surface area contributed by atoms with E-state index in [0.29, 0.717) is 18.7 Å². The number of carboxylic acids is 1. The zero-order valence-electron chi connectivity index (χ0n) is 10.7. The molecule has 0 aliphatic heterocycles. The number of carboxylic acid groups (broad SMARTS) is 1. The van der Waals surface area contributed by atoms with Gasteiger partial charge < -0.3 is 10.4 Å². The van der Waals surface area contributed by atoms with E-state index in [4.69, 9.17) is 5.11 Å². The highest BCUT2D eigenvalue weighted by Gasteiger charge is 2.10. The Morgan fingerprint density at radius 3 is 2.58 bits per heavy atom. The Kier molecular flexibility index (Phi) is 6.35. The number of hydrogen-bond acceptors (Lipinski definition) is 4. The van der Waals surface area contributed by atoms with Gasteiger partial charge in [0.2, 0.25) is 0 Å². The zero-order valence-corrected chi connectivity index (χ0v) is 10.7. The van der Waals surface area contributed by atoms with Crippen molar-refractivity contribution >= 4 is 17.3 Å². The van der Waals surface area contributed by atoms with E-state index in [2.05, 4.69) is 5.32 Å². The van der Waals surface area contributed by atoms with Crippen molar-refractivity contribution in [3.05, 3.63) is 34.4 Å². The number of carbonyl (C=O) groups is 1. The molecule has 0 saturated heterocycles. The molecule has 0 amide bonds. The molecule has 0 saturated carbocycles. The molecule has 6 heteroatoms. The molecule has 0 aromatic heterocycles. The molecule has 0 radical (unpaired) electrons. The van der Waals surface area contributed by atoms with Crippen molar-refractivity contribution in [2.24, 2.45) is 0 Å². The number of unbranched alkanes of at least 4 members (excludes halogenated alkanes) is 3. The van der Waals surface area contributed by atoms with E-state index in [1.165, 1.54) is 6.07 Å². The lowest BCUT2D eigenvalue weighted by Gasteiger charge is -2.06. The number of nitrogens with one attached hydrogen (secondary N) is 1. The first-order valence-electron chi connectivity index (χ1n) is 6.30. The van der Waals surface area contributed by atoms with Crippen molar-refractivity contribution in [2.75, 3.05) is 11.9 Å². The second kappa shape index (κ2) is 8.07. The summed E-state index contributed by atoms with van der Waals surface area (Å²) in [5, 5.41) is 22.3. The summed E-state index contributed by atoms with van der Waals surface area (Å²) in [7, 11) is 0. The van der Waals surface area contributed by atoms with Crippen LogP contribution in [0.2, 0.25) is 0 Å². The Morgan fingerprint density at radius 1 is 1.21 bits per heavy atom. The van der Waals surface area contributed by atoms with Gasteiger partial charge in [-0.1, -0.05) is 25.0 Å². The monoisotopic (exact) mass is 266 g/mol. The van der Waals surface area contributed by atoms with Gasteiger partial charge in [0.1, 0.15) is 5.69 Å². The van der Waals surface area contributed by atoms with E-state index >= 15 is 0 Å². The lowest BCUT2D eigenvalue weighted by Crippen LogP contribution is -2.04. The molecule has 0 fully saturated rings. The maximum absolute atomic E-state index is 10.8. The van der Waals surface area contributed by atoms with Crippen molar-refractivity contribution in [3.63, 3.8) is 0 Å². The fourth-order valence-electron chi connectivity index (χ4n) is 1.76. The smallest absolute Gasteiger partial charge is 0.303 e. The van der Waals surface area contributed by atoms with Crippen LogP contribution in [0.4, 0.5) is 11.4 Å². The van der Waals surface area contributed by atoms with Crippen LogP contribution in [-0.2, 0) is 4.79 Å². The van der Waals surface area contributed by atoms with Gasteiger partial charge in [0.25, 0.3) is 5.69 Å². The molecule has 104 valence electrons. The summed E-state index contributed by atoms with van der Waals surface area (Å²) in [6, 6.07) is 6.54. The molecule has 0 aliphatic carbocycles. The second-order valence-electron chi connectivity index (χ2n) is 4.26. The number of benzene rings is 1. The van der Waals surface area contributed by atoms with Gasteiger partial charge in [0, 0.05) is 19.0 Å². The lowest BCUT2D eigenvalue weighted by molar-refractivity contribution is -0.384. The lowest BCUT2D eigenvalue weighted by atomic mass is 10.1. The Hall–Kier alpha value is -2.11. The summed E-state index contributed by atoms with van der Waals surface area (Å²) in [4.78, 5) is 20.7. The predicted octanol–water partition coefficient (Wildman–Crippen LogP) is 3.04. The van der Waals surface area contributed by atoms with E-state index in [1.54, 1.807) is 18.2 Å². The fraction of sp³-hybridized carbons (Fsp3) is 0.462. The molecule has 1 aromatic carbocycles. The molecule has 1 aromatic rings. The summed E-state index contributed by atoms with van der Waals surface area (Å²) >= 11 is 0. The zero-order chi connectivity index (χ0) is 14.1. The summed E-state index contributed by atoms with van der Waals surface area (Å²) < 4.78 is 0. The number of hydrogen-bond donors (Lipinski definition) is 2. The van der Waals surface area contributed by atoms with Crippen LogP contribution in [0.15, 0.2) is 24.3 Å². The Bertz CT molecular complexity index is 434. The fourth-order valence-corrected chi connectivity index (χ4v) is 1.76. The van der Waals surface area contributed by atoms with E-state index in [9.17, 15) is 14.9 Å². The minimum absolute atomic E-state index is 0.0772. The molecule has 0 aliphatic rings. The van der Waals surface area contributed by atoms with Gasteiger partial charge in [0.15, 0.2) is 0 Å². The summed E-state index contributed by atoms with van der Waals surface area (Å²) in [6.45, 7) is 0.651. The molecule has 0 spiro atoms. The molecule has 0 unspecified atom stereocenters. The second-order valence-corrected chi connectivity index (χ2v) is 4.26. The van der Waals surface area contributed by atoms with Crippen LogP contribution < -0.4 is 5.32 Å². The van der Waals surface area contributed by atoms with Gasteiger partial charge in [-0.3, -0.25) is 14.9 Å². The first kappa shape index (κ1) is 14.9. The van der Waals surface area contributed by atoms with Crippen LogP contribution in [-0.4, -0.2) is 22.5 Å². The van der Waals surface area contributed by atoms with Crippen molar-refractivity contribution in [3.8, 4) is 0 Å². The number of nitro groups is 1. The van der Waals surface area contributed by atoms with Crippen LogP contribution in [0.5, 0.6) is 0 Å². The van der Waals surface area contributed by atoms with Gasteiger partial charge in [-0.15, -0.1) is 0 Å². The highest BCUT2D eigenvalue weighted by molar-refractivity contribution is 5.66. The van der Waals surface area contributed by atoms with Gasteiger partial charge in [-0.2, -0.15) is 0 Å². The Balaban J connectivity index is 2.23. The number of nitrogens with zero attached hydrogens (tertiary/aromatic N) is 1. The van der Waals surface area contributed by atoms with Crippen molar-refractivity contribution in [2.45, 2.75) is 32.1 Å². The molecular formula is C13H18N2O4. The quantitative estimate of drug-likeness (QED) is 0.407. The van der Waals surface area contributed by atoms with Gasteiger partial charge in [-0.25, -0.2) is 0 Å². The van der Waals surface area contributed by atoms with Crippen LogP contribution in [0, 0.1) is 10.1 Å². The van der Waals surface area contributed by atoms with Crippen LogP contribution in [0.25, 0.3) is 0 Å². The molecule has 0 heterocycles. The van der Waals surface area contributed by atoms with E-state index in [1.807, 2.05) is 0 Å². The van der Waals surface area contributed by atoms with Gasteiger partial charge in [0.05, 0.1) is 4.92 Å². The minimum atomic E-state index is -0.766. The number of nitro benzene ring substituents is 1. The molecule has 2 N–H and O–H groups in total. The van der Waals surface area contributed by atoms with E-state index in [-0.39, 0.29) is 12.1 Å². The average molecular weight is 266 g/mol. The Morgan fingerprint density at radius 2 is 1.89 bits per heavy atom. The van der Waals surface area contributed by atoms with Crippen molar-refractivity contribution < 1.29 is 14.8 Å².